The van der Waals surface area contributed by atoms with Crippen LogP contribution in [0.1, 0.15) is 30.2 Å². The third-order valence-corrected chi connectivity index (χ3v) is 4.54. The summed E-state index contributed by atoms with van der Waals surface area (Å²) in [5.41, 5.74) is 8.62. The van der Waals surface area contributed by atoms with Gasteiger partial charge in [0, 0.05) is 17.9 Å². The van der Waals surface area contributed by atoms with Gasteiger partial charge in [0.15, 0.2) is 0 Å². The number of aliphatic hydroxyl groups is 1. The van der Waals surface area contributed by atoms with Gasteiger partial charge < -0.3 is 10.8 Å². The van der Waals surface area contributed by atoms with Crippen LogP contribution in [0.3, 0.4) is 0 Å². The second-order valence-corrected chi connectivity index (χ2v) is 5.99. The fraction of sp³-hybridized carbons (Fsp3) is 0.571. The summed E-state index contributed by atoms with van der Waals surface area (Å²) in [6, 6.07) is 8.63. The van der Waals surface area contributed by atoms with Crippen molar-refractivity contribution in [2.45, 2.75) is 32.1 Å². The lowest BCUT2D eigenvalue weighted by atomic mass is 10.0. The van der Waals surface area contributed by atoms with Crippen LogP contribution in [0.4, 0.5) is 0 Å². The lowest BCUT2D eigenvalue weighted by Crippen LogP contribution is -2.23. The third-order valence-electron chi connectivity index (χ3n) is 2.72. The van der Waals surface area contributed by atoms with Gasteiger partial charge in [0.25, 0.3) is 0 Å². The second kappa shape index (κ2) is 7.04. The molecule has 0 saturated heterocycles. The van der Waals surface area contributed by atoms with E-state index < -0.39 is 0 Å². The average Bonchev–Trinajstić information content (AvgIpc) is 2.28. The Kier molecular flexibility index (Phi) is 6.03. The summed E-state index contributed by atoms with van der Waals surface area (Å²) in [6.07, 6.45) is 0. The number of hydrogen-bond donors (Lipinski definition) is 2. The molecule has 3 atom stereocenters. The minimum absolute atomic E-state index is 0.118. The van der Waals surface area contributed by atoms with Crippen LogP contribution in [0.2, 0.25) is 0 Å². The summed E-state index contributed by atoms with van der Waals surface area (Å²) >= 11 is 1.84. The Balaban J connectivity index is 2.72. The smallest absolute Gasteiger partial charge is 0.0464 e. The Morgan fingerprint density at radius 1 is 1.35 bits per heavy atom. The molecule has 1 rings (SSSR count). The number of thioether (sulfide) groups is 1. The molecule has 3 unspecified atom stereocenters. The molecule has 0 aliphatic heterocycles. The van der Waals surface area contributed by atoms with Gasteiger partial charge in [-0.05, 0) is 31.1 Å². The third kappa shape index (κ3) is 4.70. The van der Waals surface area contributed by atoms with E-state index >= 15 is 0 Å². The maximum absolute atomic E-state index is 9.06. The van der Waals surface area contributed by atoms with Gasteiger partial charge in [-0.25, -0.2) is 0 Å². The maximum atomic E-state index is 9.06. The van der Waals surface area contributed by atoms with Crippen molar-refractivity contribution >= 4 is 11.8 Å². The van der Waals surface area contributed by atoms with Crippen molar-refractivity contribution in [2.24, 2.45) is 11.7 Å². The van der Waals surface area contributed by atoms with Crippen molar-refractivity contribution in [3.8, 4) is 0 Å². The summed E-state index contributed by atoms with van der Waals surface area (Å²) in [4.78, 5) is 0. The number of hydrogen-bond acceptors (Lipinski definition) is 3. The zero-order valence-electron chi connectivity index (χ0n) is 10.9. The maximum Gasteiger partial charge on any atom is 0.0464 e. The summed E-state index contributed by atoms with van der Waals surface area (Å²) < 4.78 is 0. The van der Waals surface area contributed by atoms with E-state index in [-0.39, 0.29) is 12.6 Å². The van der Waals surface area contributed by atoms with Crippen LogP contribution in [-0.2, 0) is 0 Å². The highest BCUT2D eigenvalue weighted by Gasteiger charge is 2.17. The first kappa shape index (κ1) is 14.6. The normalized spacial score (nSPS) is 16.5. The van der Waals surface area contributed by atoms with E-state index in [2.05, 4.69) is 38.1 Å². The zero-order chi connectivity index (χ0) is 12.8. The van der Waals surface area contributed by atoms with Crippen LogP contribution in [-0.4, -0.2) is 23.5 Å². The molecule has 0 aliphatic rings. The second-order valence-electron chi connectivity index (χ2n) is 4.81. The molecular formula is C14H23NOS. The summed E-state index contributed by atoms with van der Waals surface area (Å²) in [5.74, 6) is 1.27. The van der Waals surface area contributed by atoms with Gasteiger partial charge in [0.1, 0.15) is 0 Å². The van der Waals surface area contributed by atoms with E-state index in [1.54, 1.807) is 0 Å². The van der Waals surface area contributed by atoms with E-state index in [9.17, 15) is 0 Å². The molecule has 17 heavy (non-hydrogen) atoms. The van der Waals surface area contributed by atoms with E-state index in [0.29, 0.717) is 11.2 Å². The molecule has 96 valence electrons. The monoisotopic (exact) mass is 253 g/mol. The van der Waals surface area contributed by atoms with Crippen molar-refractivity contribution in [2.75, 3.05) is 12.4 Å². The molecule has 3 heteroatoms. The van der Waals surface area contributed by atoms with Gasteiger partial charge in [-0.2, -0.15) is 11.8 Å². The predicted molar refractivity (Wildman–Crippen MR) is 76.3 cm³/mol. The van der Waals surface area contributed by atoms with Crippen LogP contribution in [0.15, 0.2) is 24.3 Å². The fourth-order valence-corrected chi connectivity index (χ4v) is 3.00. The van der Waals surface area contributed by atoms with Crippen molar-refractivity contribution in [1.82, 2.24) is 0 Å². The minimum Gasteiger partial charge on any atom is -0.396 e. The average molecular weight is 253 g/mol. The number of nitrogens with two attached hydrogens (primary N) is 1. The van der Waals surface area contributed by atoms with E-state index in [4.69, 9.17) is 10.8 Å². The molecular weight excluding hydrogens is 230 g/mol. The van der Waals surface area contributed by atoms with Crippen LogP contribution < -0.4 is 5.73 Å². The number of aliphatic hydroxyl groups excluding tert-OH is 1. The molecule has 0 saturated carbocycles. The first-order valence-electron chi connectivity index (χ1n) is 6.09. The molecule has 0 fully saturated rings. The summed E-state index contributed by atoms with van der Waals surface area (Å²) in [5, 5.41) is 9.37. The first-order valence-corrected chi connectivity index (χ1v) is 7.14. The predicted octanol–water partition coefficient (Wildman–Crippen LogP) is 2.74. The van der Waals surface area contributed by atoms with Crippen molar-refractivity contribution in [1.29, 1.82) is 0 Å². The van der Waals surface area contributed by atoms with Gasteiger partial charge in [-0.1, -0.05) is 36.8 Å². The van der Waals surface area contributed by atoms with Crippen molar-refractivity contribution in [3.05, 3.63) is 35.4 Å². The highest BCUT2D eigenvalue weighted by molar-refractivity contribution is 7.99. The molecule has 2 nitrogen and oxygen atoms in total. The number of benzene rings is 1. The van der Waals surface area contributed by atoms with Gasteiger partial charge >= 0.3 is 0 Å². The van der Waals surface area contributed by atoms with E-state index in [1.807, 2.05) is 18.7 Å². The van der Waals surface area contributed by atoms with Gasteiger partial charge in [0.05, 0.1) is 0 Å². The molecule has 0 amide bonds. The molecule has 0 aromatic heterocycles. The first-order chi connectivity index (χ1) is 8.04. The van der Waals surface area contributed by atoms with Gasteiger partial charge in [-0.15, -0.1) is 0 Å². The summed E-state index contributed by atoms with van der Waals surface area (Å²) in [6.45, 7) is 6.44. The SMILES string of the molecule is Cc1cccc(C(SCC(C)CO)C(C)N)c1. The molecule has 0 bridgehead atoms. The Bertz CT molecular complexity index is 341. The van der Waals surface area contributed by atoms with E-state index in [0.717, 1.165) is 5.75 Å². The van der Waals surface area contributed by atoms with E-state index in [1.165, 1.54) is 11.1 Å². The van der Waals surface area contributed by atoms with Crippen LogP contribution in [0.25, 0.3) is 0 Å². The van der Waals surface area contributed by atoms with Crippen LogP contribution in [0.5, 0.6) is 0 Å². The van der Waals surface area contributed by atoms with Crippen LogP contribution in [0, 0.1) is 12.8 Å². The Hall–Kier alpha value is -0.510. The Morgan fingerprint density at radius 3 is 2.59 bits per heavy atom. The Labute approximate surface area is 109 Å². The quantitative estimate of drug-likeness (QED) is 0.819. The number of aryl methyl sites for hydroxylation is 1. The molecule has 0 aliphatic carbocycles. The fourth-order valence-electron chi connectivity index (χ4n) is 1.72. The van der Waals surface area contributed by atoms with Gasteiger partial charge in [0.2, 0.25) is 0 Å². The highest BCUT2D eigenvalue weighted by Crippen LogP contribution is 2.32. The van der Waals surface area contributed by atoms with Crippen molar-refractivity contribution < 1.29 is 5.11 Å². The molecule has 0 radical (unpaired) electrons. The highest BCUT2D eigenvalue weighted by atomic mass is 32.2. The zero-order valence-corrected chi connectivity index (χ0v) is 11.7. The topological polar surface area (TPSA) is 46.2 Å². The van der Waals surface area contributed by atoms with Crippen molar-refractivity contribution in [3.63, 3.8) is 0 Å². The molecule has 3 N–H and O–H groups in total. The van der Waals surface area contributed by atoms with Gasteiger partial charge in [-0.3, -0.25) is 0 Å². The van der Waals surface area contributed by atoms with Crippen LogP contribution >= 0.6 is 11.8 Å². The lowest BCUT2D eigenvalue weighted by Gasteiger charge is -2.22. The largest absolute Gasteiger partial charge is 0.396 e. The minimum atomic E-state index is 0.118. The molecule has 0 spiro atoms. The molecule has 0 heterocycles. The lowest BCUT2D eigenvalue weighted by molar-refractivity contribution is 0.250. The molecule has 1 aromatic rings. The number of rotatable bonds is 6. The standard InChI is InChI=1S/C14H23NOS/c1-10-5-4-6-13(7-10)14(12(3)15)17-9-11(2)8-16/h4-7,11-12,14,16H,8-9,15H2,1-3H3. The Morgan fingerprint density at radius 2 is 2.06 bits per heavy atom. The summed E-state index contributed by atoms with van der Waals surface area (Å²) in [7, 11) is 0. The molecule has 1 aromatic carbocycles.